The molecule has 32 heavy (non-hydrogen) atoms. The fourth-order valence-electron chi connectivity index (χ4n) is 3.52. The van der Waals surface area contributed by atoms with Crippen LogP contribution >= 0.6 is 0 Å². The smallest absolute Gasteiger partial charge is 0.325 e. The summed E-state index contributed by atoms with van der Waals surface area (Å²) in [6.45, 7) is 1.53. The molecule has 1 heterocycles. The summed E-state index contributed by atoms with van der Waals surface area (Å²) in [5.74, 6) is -3.91. The summed E-state index contributed by atoms with van der Waals surface area (Å²) in [6.07, 6.45) is 0.607. The molecule has 4 unspecified atom stereocenters. The molecule has 4 amide bonds. The second-order valence-corrected chi connectivity index (χ2v) is 7.79. The Morgan fingerprint density at radius 1 is 1.16 bits per heavy atom. The van der Waals surface area contributed by atoms with Crippen LogP contribution in [0.2, 0.25) is 0 Å². The number of nitrogens with zero attached hydrogens (tertiary/aromatic N) is 1. The lowest BCUT2D eigenvalue weighted by Crippen LogP contribution is -2.57. The standard InChI is InChI=1S/C21H29N5O6/c1-12(21(31)32)24-19(29)16-8-5-9-26(16)20(30)15(11-17(23)27)25-18(28)14(22)10-13-6-3-2-4-7-13/h2-4,6-7,12,14-16H,5,8-11,22H2,1H3,(H2,23,27)(H,24,29)(H,25,28)(H,31,32). The molecule has 1 aromatic carbocycles. The van der Waals surface area contributed by atoms with Crippen LogP contribution in [-0.4, -0.2) is 70.3 Å². The lowest BCUT2D eigenvalue weighted by Gasteiger charge is -2.29. The van der Waals surface area contributed by atoms with Crippen molar-refractivity contribution in [1.82, 2.24) is 15.5 Å². The molecule has 1 aromatic rings. The second kappa shape index (κ2) is 11.2. The molecule has 11 nitrogen and oxygen atoms in total. The van der Waals surface area contributed by atoms with E-state index in [-0.39, 0.29) is 13.0 Å². The number of aliphatic carboxylic acids is 1. The van der Waals surface area contributed by atoms with Gasteiger partial charge >= 0.3 is 5.97 Å². The van der Waals surface area contributed by atoms with Gasteiger partial charge < -0.3 is 32.1 Å². The van der Waals surface area contributed by atoms with Crippen molar-refractivity contribution < 1.29 is 29.1 Å². The highest BCUT2D eigenvalue weighted by molar-refractivity contribution is 5.96. The number of amides is 4. The van der Waals surface area contributed by atoms with E-state index in [9.17, 15) is 24.0 Å². The third-order valence-corrected chi connectivity index (χ3v) is 5.22. The summed E-state index contributed by atoms with van der Waals surface area (Å²) in [5.41, 5.74) is 12.1. The Morgan fingerprint density at radius 3 is 2.41 bits per heavy atom. The molecule has 11 heteroatoms. The SMILES string of the molecule is CC(NC(=O)C1CCCN1C(=O)C(CC(N)=O)NC(=O)C(N)Cc1ccccc1)C(=O)O. The summed E-state index contributed by atoms with van der Waals surface area (Å²) in [7, 11) is 0. The van der Waals surface area contributed by atoms with Crippen molar-refractivity contribution in [3.05, 3.63) is 35.9 Å². The molecule has 1 fully saturated rings. The summed E-state index contributed by atoms with van der Waals surface area (Å²) in [6, 6.07) is 4.78. The van der Waals surface area contributed by atoms with Crippen LogP contribution in [0.3, 0.4) is 0 Å². The van der Waals surface area contributed by atoms with E-state index in [0.717, 1.165) is 5.56 Å². The summed E-state index contributed by atoms with van der Waals surface area (Å²) >= 11 is 0. The van der Waals surface area contributed by atoms with Crippen molar-refractivity contribution in [2.45, 2.75) is 56.8 Å². The van der Waals surface area contributed by atoms with Crippen LogP contribution in [0.25, 0.3) is 0 Å². The molecule has 1 aliphatic rings. The number of likely N-dealkylation sites (tertiary alicyclic amines) is 1. The molecule has 1 saturated heterocycles. The van der Waals surface area contributed by atoms with E-state index in [1.165, 1.54) is 11.8 Å². The lowest BCUT2D eigenvalue weighted by atomic mass is 10.0. The summed E-state index contributed by atoms with van der Waals surface area (Å²) in [5, 5.41) is 13.8. The van der Waals surface area contributed by atoms with Gasteiger partial charge in [-0.2, -0.15) is 0 Å². The topological polar surface area (TPSA) is 185 Å². The van der Waals surface area contributed by atoms with Crippen LogP contribution in [0.1, 0.15) is 31.7 Å². The van der Waals surface area contributed by atoms with Crippen LogP contribution in [0.5, 0.6) is 0 Å². The predicted molar refractivity (Wildman–Crippen MR) is 114 cm³/mol. The molecule has 0 spiro atoms. The molecule has 7 N–H and O–H groups in total. The predicted octanol–water partition coefficient (Wildman–Crippen LogP) is -1.50. The van der Waals surface area contributed by atoms with E-state index < -0.39 is 60.2 Å². The highest BCUT2D eigenvalue weighted by Gasteiger charge is 2.39. The van der Waals surface area contributed by atoms with Crippen molar-refractivity contribution in [1.29, 1.82) is 0 Å². The fraction of sp³-hybridized carbons (Fsp3) is 0.476. The van der Waals surface area contributed by atoms with E-state index >= 15 is 0 Å². The largest absolute Gasteiger partial charge is 0.480 e. The minimum Gasteiger partial charge on any atom is -0.480 e. The first kappa shape index (κ1) is 24.8. The van der Waals surface area contributed by atoms with E-state index in [2.05, 4.69) is 10.6 Å². The van der Waals surface area contributed by atoms with Crippen LogP contribution < -0.4 is 22.1 Å². The normalized spacial score (nSPS) is 18.3. The van der Waals surface area contributed by atoms with Crippen LogP contribution in [-0.2, 0) is 30.4 Å². The van der Waals surface area contributed by atoms with Gasteiger partial charge in [-0.3, -0.25) is 24.0 Å². The number of primary amides is 1. The van der Waals surface area contributed by atoms with E-state index in [0.29, 0.717) is 12.8 Å². The second-order valence-electron chi connectivity index (χ2n) is 7.79. The van der Waals surface area contributed by atoms with Gasteiger partial charge in [0, 0.05) is 6.54 Å². The highest BCUT2D eigenvalue weighted by Crippen LogP contribution is 2.19. The number of nitrogens with two attached hydrogens (primary N) is 2. The van der Waals surface area contributed by atoms with Crippen LogP contribution in [0.15, 0.2) is 30.3 Å². The van der Waals surface area contributed by atoms with Crippen LogP contribution in [0, 0.1) is 0 Å². The lowest BCUT2D eigenvalue weighted by molar-refractivity contribution is -0.145. The Bertz CT molecular complexity index is 861. The molecule has 0 saturated carbocycles. The van der Waals surface area contributed by atoms with Crippen molar-refractivity contribution >= 4 is 29.6 Å². The number of benzene rings is 1. The average molecular weight is 447 g/mol. The first-order valence-corrected chi connectivity index (χ1v) is 10.3. The van der Waals surface area contributed by atoms with Gasteiger partial charge in [-0.05, 0) is 31.7 Å². The quantitative estimate of drug-likeness (QED) is 0.289. The zero-order valence-electron chi connectivity index (χ0n) is 17.8. The molecule has 0 aliphatic carbocycles. The van der Waals surface area contributed by atoms with Crippen molar-refractivity contribution in [3.63, 3.8) is 0 Å². The number of rotatable bonds is 10. The Morgan fingerprint density at radius 2 is 1.81 bits per heavy atom. The fourth-order valence-corrected chi connectivity index (χ4v) is 3.52. The molecular formula is C21H29N5O6. The Hall–Kier alpha value is -3.47. The molecular weight excluding hydrogens is 418 g/mol. The maximum absolute atomic E-state index is 13.1. The van der Waals surface area contributed by atoms with Gasteiger partial charge in [0.15, 0.2) is 0 Å². The maximum Gasteiger partial charge on any atom is 0.325 e. The molecule has 0 aromatic heterocycles. The number of hydrogen-bond donors (Lipinski definition) is 5. The third-order valence-electron chi connectivity index (χ3n) is 5.22. The minimum atomic E-state index is -1.29. The van der Waals surface area contributed by atoms with Gasteiger partial charge in [0.25, 0.3) is 0 Å². The average Bonchev–Trinajstić information content (AvgIpc) is 3.23. The van der Waals surface area contributed by atoms with Gasteiger partial charge in [-0.15, -0.1) is 0 Å². The summed E-state index contributed by atoms with van der Waals surface area (Å²) < 4.78 is 0. The van der Waals surface area contributed by atoms with Gasteiger partial charge in [0.05, 0.1) is 12.5 Å². The number of hydrogen-bond acceptors (Lipinski definition) is 6. The van der Waals surface area contributed by atoms with Crippen molar-refractivity contribution in [3.8, 4) is 0 Å². The Kier molecular flexibility index (Phi) is 8.71. The van der Waals surface area contributed by atoms with Crippen molar-refractivity contribution in [2.75, 3.05) is 6.54 Å². The highest BCUT2D eigenvalue weighted by atomic mass is 16.4. The van der Waals surface area contributed by atoms with Crippen LogP contribution in [0.4, 0.5) is 0 Å². The van der Waals surface area contributed by atoms with Gasteiger partial charge in [0.2, 0.25) is 23.6 Å². The molecule has 0 radical (unpaired) electrons. The molecule has 0 bridgehead atoms. The molecule has 2 rings (SSSR count). The van der Waals surface area contributed by atoms with E-state index in [1.54, 1.807) is 0 Å². The molecule has 174 valence electrons. The third kappa shape index (κ3) is 6.77. The number of carboxylic acid groups (broad SMARTS) is 1. The van der Waals surface area contributed by atoms with Gasteiger partial charge in [0.1, 0.15) is 18.1 Å². The maximum atomic E-state index is 13.1. The zero-order chi connectivity index (χ0) is 23.8. The molecule has 4 atom stereocenters. The van der Waals surface area contributed by atoms with Gasteiger partial charge in [-0.1, -0.05) is 30.3 Å². The minimum absolute atomic E-state index is 0.222. The summed E-state index contributed by atoms with van der Waals surface area (Å²) in [4.78, 5) is 61.9. The monoisotopic (exact) mass is 447 g/mol. The number of carbonyl (C=O) groups excluding carboxylic acids is 4. The first-order valence-electron chi connectivity index (χ1n) is 10.3. The Labute approximate surface area is 185 Å². The number of carboxylic acids is 1. The first-order chi connectivity index (χ1) is 15.1. The number of carbonyl (C=O) groups is 5. The van der Waals surface area contributed by atoms with Crippen molar-refractivity contribution in [2.24, 2.45) is 11.5 Å². The van der Waals surface area contributed by atoms with Gasteiger partial charge in [-0.25, -0.2) is 0 Å². The number of nitrogens with one attached hydrogen (secondary N) is 2. The van der Waals surface area contributed by atoms with E-state index in [1.807, 2.05) is 30.3 Å². The molecule has 1 aliphatic heterocycles. The Balaban J connectivity index is 2.09. The van der Waals surface area contributed by atoms with E-state index in [4.69, 9.17) is 16.6 Å². The zero-order valence-corrected chi connectivity index (χ0v) is 17.8.